The van der Waals surface area contributed by atoms with Crippen molar-refractivity contribution in [2.24, 2.45) is 0 Å². The Morgan fingerprint density at radius 3 is 2.64 bits per heavy atom. The Bertz CT molecular complexity index is 648. The van der Waals surface area contributed by atoms with E-state index in [0.29, 0.717) is 11.6 Å². The summed E-state index contributed by atoms with van der Waals surface area (Å²) in [5.41, 5.74) is 1.20. The normalized spacial score (nSPS) is 12.2. The Morgan fingerprint density at radius 2 is 1.95 bits per heavy atom. The fraction of sp³-hybridized carbons (Fsp3) is 0.235. The van der Waals surface area contributed by atoms with Crippen LogP contribution in [0.4, 0.5) is 10.1 Å². The van der Waals surface area contributed by atoms with Crippen LogP contribution in [0.1, 0.15) is 12.5 Å². The molecule has 1 unspecified atom stereocenters. The molecule has 1 atom stereocenters. The molecular weight excluding hydrogens is 303 g/mol. The molecular formula is C17H18ClFN2O. The lowest BCUT2D eigenvalue weighted by molar-refractivity contribution is -0.120. The number of benzene rings is 2. The fourth-order valence-corrected chi connectivity index (χ4v) is 2.21. The molecule has 2 aromatic rings. The van der Waals surface area contributed by atoms with Gasteiger partial charge in [-0.2, -0.15) is 0 Å². The van der Waals surface area contributed by atoms with Crippen molar-refractivity contribution in [1.82, 2.24) is 4.90 Å². The summed E-state index contributed by atoms with van der Waals surface area (Å²) >= 11 is 5.82. The number of carbonyl (C=O) groups excluding carboxylic acids is 1. The third-order valence-electron chi connectivity index (χ3n) is 3.50. The maximum atomic E-state index is 13.7. The zero-order valence-corrected chi connectivity index (χ0v) is 13.3. The van der Waals surface area contributed by atoms with Crippen molar-refractivity contribution >= 4 is 23.2 Å². The second kappa shape index (κ2) is 7.38. The smallest absolute Gasteiger partial charge is 0.241 e. The zero-order valence-electron chi connectivity index (χ0n) is 12.5. The highest BCUT2D eigenvalue weighted by Crippen LogP contribution is 2.20. The van der Waals surface area contributed by atoms with Crippen LogP contribution < -0.4 is 5.32 Å². The quantitative estimate of drug-likeness (QED) is 0.905. The number of nitrogens with zero attached hydrogens (tertiary/aromatic N) is 1. The van der Waals surface area contributed by atoms with Crippen molar-refractivity contribution in [3.05, 3.63) is 64.9 Å². The van der Waals surface area contributed by atoms with Gasteiger partial charge < -0.3 is 5.32 Å². The highest BCUT2D eigenvalue weighted by molar-refractivity contribution is 6.30. The van der Waals surface area contributed by atoms with E-state index in [-0.39, 0.29) is 11.6 Å². The molecule has 1 amide bonds. The molecule has 2 aromatic carbocycles. The molecule has 22 heavy (non-hydrogen) atoms. The number of halogens is 2. The molecule has 0 saturated heterocycles. The lowest BCUT2D eigenvalue weighted by Gasteiger charge is -2.24. The van der Waals surface area contributed by atoms with Gasteiger partial charge in [-0.25, -0.2) is 4.39 Å². The second-order valence-corrected chi connectivity index (χ2v) is 5.63. The average Bonchev–Trinajstić information content (AvgIpc) is 2.51. The van der Waals surface area contributed by atoms with Gasteiger partial charge in [-0.3, -0.25) is 9.69 Å². The summed E-state index contributed by atoms with van der Waals surface area (Å²) < 4.78 is 13.7. The highest BCUT2D eigenvalue weighted by Gasteiger charge is 2.19. The molecule has 0 spiro atoms. The van der Waals surface area contributed by atoms with Crippen LogP contribution in [0.15, 0.2) is 48.5 Å². The Hall–Kier alpha value is -1.91. The van der Waals surface area contributed by atoms with Gasteiger partial charge >= 0.3 is 0 Å². The molecule has 0 fully saturated rings. The van der Waals surface area contributed by atoms with Gasteiger partial charge in [-0.1, -0.05) is 41.9 Å². The largest absolute Gasteiger partial charge is 0.322 e. The molecule has 0 aromatic heterocycles. The second-order valence-electron chi connectivity index (χ2n) is 5.19. The van der Waals surface area contributed by atoms with Crippen LogP contribution in [-0.2, 0) is 11.3 Å². The SMILES string of the molecule is CC(C(=O)Nc1cc(Cl)ccc1F)N(C)Cc1ccccc1. The maximum Gasteiger partial charge on any atom is 0.241 e. The number of carbonyl (C=O) groups is 1. The average molecular weight is 321 g/mol. The molecule has 1 N–H and O–H groups in total. The Kier molecular flexibility index (Phi) is 5.52. The van der Waals surface area contributed by atoms with Gasteiger partial charge in [0.25, 0.3) is 0 Å². The zero-order chi connectivity index (χ0) is 16.1. The molecule has 0 bridgehead atoms. The van der Waals surface area contributed by atoms with Crippen LogP contribution in [0.3, 0.4) is 0 Å². The van der Waals surface area contributed by atoms with E-state index in [0.717, 1.165) is 5.56 Å². The maximum absolute atomic E-state index is 13.7. The minimum absolute atomic E-state index is 0.0949. The first kappa shape index (κ1) is 16.5. The van der Waals surface area contributed by atoms with Crippen LogP contribution >= 0.6 is 11.6 Å². The molecule has 2 rings (SSSR count). The van der Waals surface area contributed by atoms with Gasteiger partial charge in [0.2, 0.25) is 5.91 Å². The first-order valence-corrected chi connectivity index (χ1v) is 7.35. The van der Waals surface area contributed by atoms with Crippen molar-refractivity contribution < 1.29 is 9.18 Å². The fourth-order valence-electron chi connectivity index (χ4n) is 2.04. The predicted octanol–water partition coefficient (Wildman–Crippen LogP) is 3.94. The van der Waals surface area contributed by atoms with Gasteiger partial charge in [0.15, 0.2) is 0 Å². The van der Waals surface area contributed by atoms with Gasteiger partial charge in [0, 0.05) is 11.6 Å². The van der Waals surface area contributed by atoms with Crippen LogP contribution in [0, 0.1) is 5.82 Å². The molecule has 0 aliphatic rings. The minimum atomic E-state index is -0.504. The number of likely N-dealkylation sites (N-methyl/N-ethyl adjacent to an activating group) is 1. The third kappa shape index (κ3) is 4.29. The van der Waals surface area contributed by atoms with E-state index in [2.05, 4.69) is 5.32 Å². The van der Waals surface area contributed by atoms with Gasteiger partial charge in [-0.05, 0) is 37.7 Å². The Morgan fingerprint density at radius 1 is 1.27 bits per heavy atom. The van der Waals surface area contributed by atoms with E-state index in [9.17, 15) is 9.18 Å². The van der Waals surface area contributed by atoms with Crippen molar-refractivity contribution in [1.29, 1.82) is 0 Å². The van der Waals surface area contributed by atoms with E-state index in [1.54, 1.807) is 6.92 Å². The van der Waals surface area contributed by atoms with Crippen LogP contribution in [0.2, 0.25) is 5.02 Å². The standard InChI is InChI=1S/C17H18ClFN2O/c1-12(21(2)11-13-6-4-3-5-7-13)17(22)20-16-10-14(18)8-9-15(16)19/h3-10,12H,11H2,1-2H3,(H,20,22). The van der Waals surface area contributed by atoms with E-state index < -0.39 is 11.9 Å². The Balaban J connectivity index is 2.01. The lowest BCUT2D eigenvalue weighted by atomic mass is 10.2. The van der Waals surface area contributed by atoms with Gasteiger partial charge in [0.1, 0.15) is 5.82 Å². The molecule has 0 radical (unpaired) electrons. The van der Waals surface area contributed by atoms with Gasteiger partial charge in [0.05, 0.1) is 11.7 Å². The van der Waals surface area contributed by atoms with E-state index in [1.807, 2.05) is 42.3 Å². The lowest BCUT2D eigenvalue weighted by Crippen LogP contribution is -2.39. The summed E-state index contributed by atoms with van der Waals surface area (Å²) in [6, 6.07) is 13.5. The number of amides is 1. The molecule has 0 heterocycles. The summed E-state index contributed by atoms with van der Waals surface area (Å²) in [5, 5.41) is 2.95. The van der Waals surface area contributed by atoms with Crippen molar-refractivity contribution in [3.8, 4) is 0 Å². The summed E-state index contributed by atoms with van der Waals surface area (Å²) in [6.07, 6.45) is 0. The number of hydrogen-bond acceptors (Lipinski definition) is 2. The minimum Gasteiger partial charge on any atom is -0.322 e. The van der Waals surface area contributed by atoms with Crippen LogP contribution in [0.5, 0.6) is 0 Å². The topological polar surface area (TPSA) is 32.3 Å². The molecule has 5 heteroatoms. The molecule has 0 aliphatic carbocycles. The number of rotatable bonds is 5. The number of hydrogen-bond donors (Lipinski definition) is 1. The summed E-state index contributed by atoms with van der Waals surface area (Å²) in [4.78, 5) is 14.1. The predicted molar refractivity (Wildman–Crippen MR) is 87.4 cm³/mol. The highest BCUT2D eigenvalue weighted by atomic mass is 35.5. The summed E-state index contributed by atoms with van der Waals surface area (Å²) in [6.45, 7) is 2.41. The monoisotopic (exact) mass is 320 g/mol. The van der Waals surface area contributed by atoms with Crippen molar-refractivity contribution in [2.45, 2.75) is 19.5 Å². The van der Waals surface area contributed by atoms with Crippen molar-refractivity contribution in [2.75, 3.05) is 12.4 Å². The molecule has 116 valence electrons. The third-order valence-corrected chi connectivity index (χ3v) is 3.74. The van der Waals surface area contributed by atoms with E-state index in [4.69, 9.17) is 11.6 Å². The summed E-state index contributed by atoms with van der Waals surface area (Å²) in [5.74, 6) is -0.782. The van der Waals surface area contributed by atoms with Crippen LogP contribution in [0.25, 0.3) is 0 Å². The first-order valence-electron chi connectivity index (χ1n) is 6.97. The Labute approximate surface area is 134 Å². The first-order chi connectivity index (χ1) is 10.5. The summed E-state index contributed by atoms with van der Waals surface area (Å²) in [7, 11) is 1.85. The number of nitrogens with one attached hydrogen (secondary N) is 1. The van der Waals surface area contributed by atoms with E-state index in [1.165, 1.54) is 18.2 Å². The number of anilines is 1. The van der Waals surface area contributed by atoms with E-state index >= 15 is 0 Å². The van der Waals surface area contributed by atoms with Crippen LogP contribution in [-0.4, -0.2) is 23.9 Å². The molecule has 0 aliphatic heterocycles. The molecule has 0 saturated carbocycles. The van der Waals surface area contributed by atoms with Gasteiger partial charge in [-0.15, -0.1) is 0 Å². The van der Waals surface area contributed by atoms with Crippen molar-refractivity contribution in [3.63, 3.8) is 0 Å². The molecule has 3 nitrogen and oxygen atoms in total.